The van der Waals surface area contributed by atoms with E-state index >= 15 is 0 Å². The van der Waals surface area contributed by atoms with Crippen molar-refractivity contribution in [3.8, 4) is 0 Å². The maximum Gasteiger partial charge on any atom is 0.420 e. The maximum atomic E-state index is 12.1. The summed E-state index contributed by atoms with van der Waals surface area (Å²) in [6.07, 6.45) is 5.02. The second kappa shape index (κ2) is 4.65. The first-order chi connectivity index (χ1) is 8.42. The van der Waals surface area contributed by atoms with Crippen molar-refractivity contribution in [3.63, 3.8) is 0 Å². The number of nitrogens with zero attached hydrogens (tertiary/aromatic N) is 2. The predicted octanol–water partition coefficient (Wildman–Crippen LogP) is 3.54. The average Bonchev–Trinajstić information content (AvgIpc) is 2.65. The molecule has 0 spiro atoms. The first-order valence-corrected chi connectivity index (χ1v) is 6.88. The summed E-state index contributed by atoms with van der Waals surface area (Å²) in [5.74, 6) is 0. The molecule has 0 aliphatic rings. The Hall–Kier alpha value is -1.49. The van der Waals surface area contributed by atoms with E-state index in [9.17, 15) is 4.79 Å². The molecule has 0 unspecified atom stereocenters. The molecule has 0 saturated carbocycles. The number of fused-ring (bicyclic) bond motifs is 1. The van der Waals surface area contributed by atoms with E-state index in [1.54, 1.807) is 24.2 Å². The number of aromatic nitrogens is 2. The number of thioether (sulfide) groups is 1. The van der Waals surface area contributed by atoms with Gasteiger partial charge in [0.25, 0.3) is 0 Å². The number of hydrogen-bond acceptors (Lipinski definition) is 4. The summed E-state index contributed by atoms with van der Waals surface area (Å²) in [5.41, 5.74) is 0.123. The molecule has 0 atom stereocenters. The molecular formula is C13H16N2O2S. The van der Waals surface area contributed by atoms with Gasteiger partial charge in [-0.1, -0.05) is 0 Å². The predicted molar refractivity (Wildman–Crippen MR) is 73.1 cm³/mol. The van der Waals surface area contributed by atoms with Crippen molar-refractivity contribution < 1.29 is 9.53 Å². The van der Waals surface area contributed by atoms with Crippen LogP contribution in [0.4, 0.5) is 4.79 Å². The number of ether oxygens (including phenoxy) is 1. The lowest BCUT2D eigenvalue weighted by Crippen LogP contribution is -2.26. The average molecular weight is 264 g/mol. The smallest absolute Gasteiger partial charge is 0.420 e. The number of hydrogen-bond donors (Lipinski definition) is 0. The van der Waals surface area contributed by atoms with Gasteiger partial charge in [0.2, 0.25) is 0 Å². The van der Waals surface area contributed by atoms with Crippen LogP contribution < -0.4 is 0 Å². The molecule has 18 heavy (non-hydrogen) atoms. The molecule has 0 aliphatic carbocycles. The van der Waals surface area contributed by atoms with Gasteiger partial charge in [-0.25, -0.2) is 14.3 Å². The molecule has 2 aromatic heterocycles. The Bertz CT molecular complexity index is 584. The van der Waals surface area contributed by atoms with Gasteiger partial charge in [0.05, 0.1) is 0 Å². The van der Waals surface area contributed by atoms with Gasteiger partial charge in [-0.3, -0.25) is 0 Å². The highest BCUT2D eigenvalue weighted by molar-refractivity contribution is 7.98. The molecule has 96 valence electrons. The fourth-order valence-electron chi connectivity index (χ4n) is 1.64. The standard InChI is InChI=1S/C13H16N2O2S/c1-13(2,3)17-12(16)15-8-10(18-4)9-6-5-7-14-11(9)15/h5-8H,1-4H3. The summed E-state index contributed by atoms with van der Waals surface area (Å²) < 4.78 is 6.83. The molecule has 5 heteroatoms. The first kappa shape index (κ1) is 13.0. The zero-order chi connectivity index (χ0) is 13.3. The van der Waals surface area contributed by atoms with Crippen LogP contribution in [0.1, 0.15) is 20.8 Å². The molecule has 0 fully saturated rings. The molecule has 2 aromatic rings. The Kier molecular flexibility index (Phi) is 3.34. The normalized spacial score (nSPS) is 11.8. The molecule has 0 N–H and O–H groups in total. The monoisotopic (exact) mass is 264 g/mol. The minimum absolute atomic E-state index is 0.397. The van der Waals surface area contributed by atoms with Crippen molar-refractivity contribution >= 4 is 28.9 Å². The van der Waals surface area contributed by atoms with E-state index in [0.29, 0.717) is 5.65 Å². The summed E-state index contributed by atoms with van der Waals surface area (Å²) in [4.78, 5) is 17.4. The molecule has 0 bridgehead atoms. The quantitative estimate of drug-likeness (QED) is 0.739. The van der Waals surface area contributed by atoms with E-state index in [1.807, 2.05) is 39.2 Å². The van der Waals surface area contributed by atoms with Gasteiger partial charge in [-0.15, -0.1) is 11.8 Å². The molecule has 0 saturated heterocycles. The lowest BCUT2D eigenvalue weighted by Gasteiger charge is -2.19. The molecule has 0 amide bonds. The van der Waals surface area contributed by atoms with Gasteiger partial charge in [0.15, 0.2) is 5.65 Å². The topological polar surface area (TPSA) is 44.1 Å². The molecule has 0 aromatic carbocycles. The van der Waals surface area contributed by atoms with Crippen molar-refractivity contribution in [2.45, 2.75) is 31.3 Å². The van der Waals surface area contributed by atoms with Crippen LogP contribution in [0.25, 0.3) is 11.0 Å². The summed E-state index contributed by atoms with van der Waals surface area (Å²) >= 11 is 1.59. The fourth-order valence-corrected chi connectivity index (χ4v) is 2.23. The SMILES string of the molecule is CSc1cn(C(=O)OC(C)(C)C)c2ncccc12. The third-order valence-electron chi connectivity index (χ3n) is 2.34. The lowest BCUT2D eigenvalue weighted by molar-refractivity contribution is 0.0543. The second-order valence-electron chi connectivity index (χ2n) is 4.92. The van der Waals surface area contributed by atoms with Crippen LogP contribution >= 0.6 is 11.8 Å². The van der Waals surface area contributed by atoms with Gasteiger partial charge in [0.1, 0.15) is 5.60 Å². The van der Waals surface area contributed by atoms with Crippen molar-refractivity contribution in [1.29, 1.82) is 0 Å². The van der Waals surface area contributed by atoms with Crippen LogP contribution in [-0.4, -0.2) is 27.5 Å². The van der Waals surface area contributed by atoms with Crippen LogP contribution in [-0.2, 0) is 4.74 Å². The fraction of sp³-hybridized carbons (Fsp3) is 0.385. The number of carbonyl (C=O) groups is 1. The highest BCUT2D eigenvalue weighted by atomic mass is 32.2. The van der Waals surface area contributed by atoms with Crippen LogP contribution in [0.5, 0.6) is 0 Å². The summed E-state index contributed by atoms with van der Waals surface area (Å²) in [6.45, 7) is 5.54. The second-order valence-corrected chi connectivity index (χ2v) is 5.77. The van der Waals surface area contributed by atoms with Crippen LogP contribution in [0, 0.1) is 0 Å². The maximum absolute atomic E-state index is 12.1. The molecular weight excluding hydrogens is 248 g/mol. The largest absolute Gasteiger partial charge is 0.443 e. The van der Waals surface area contributed by atoms with Crippen molar-refractivity contribution in [2.75, 3.05) is 6.26 Å². The van der Waals surface area contributed by atoms with Gasteiger partial charge >= 0.3 is 6.09 Å². The summed E-state index contributed by atoms with van der Waals surface area (Å²) in [6, 6.07) is 3.82. The molecule has 2 heterocycles. The van der Waals surface area contributed by atoms with Crippen molar-refractivity contribution in [2.24, 2.45) is 0 Å². The van der Waals surface area contributed by atoms with E-state index in [1.165, 1.54) is 4.57 Å². The molecule has 0 aliphatic heterocycles. The van der Waals surface area contributed by atoms with Crippen LogP contribution in [0.2, 0.25) is 0 Å². The van der Waals surface area contributed by atoms with E-state index in [-0.39, 0.29) is 0 Å². The van der Waals surface area contributed by atoms with Gasteiger partial charge < -0.3 is 4.74 Å². The highest BCUT2D eigenvalue weighted by Crippen LogP contribution is 2.27. The van der Waals surface area contributed by atoms with E-state index in [2.05, 4.69) is 4.98 Å². The molecule has 2 rings (SSSR count). The van der Waals surface area contributed by atoms with Crippen LogP contribution in [0.15, 0.2) is 29.4 Å². The van der Waals surface area contributed by atoms with Crippen molar-refractivity contribution in [3.05, 3.63) is 24.5 Å². The summed E-state index contributed by atoms with van der Waals surface area (Å²) in [7, 11) is 0. The molecule has 4 nitrogen and oxygen atoms in total. The van der Waals surface area contributed by atoms with E-state index in [0.717, 1.165) is 10.3 Å². The van der Waals surface area contributed by atoms with Gasteiger partial charge in [0, 0.05) is 22.7 Å². The summed E-state index contributed by atoms with van der Waals surface area (Å²) in [5, 5.41) is 0.968. The highest BCUT2D eigenvalue weighted by Gasteiger charge is 2.20. The zero-order valence-electron chi connectivity index (χ0n) is 10.9. The van der Waals surface area contributed by atoms with Gasteiger partial charge in [-0.05, 0) is 39.2 Å². The Morgan fingerprint density at radius 3 is 2.78 bits per heavy atom. The third-order valence-corrected chi connectivity index (χ3v) is 3.10. The minimum atomic E-state index is -0.512. The van der Waals surface area contributed by atoms with Crippen molar-refractivity contribution in [1.82, 2.24) is 9.55 Å². The first-order valence-electron chi connectivity index (χ1n) is 5.66. The number of carbonyl (C=O) groups excluding carboxylic acids is 1. The number of pyridine rings is 1. The van der Waals surface area contributed by atoms with Gasteiger partial charge in [-0.2, -0.15) is 0 Å². The Balaban J connectivity index is 2.48. The molecule has 0 radical (unpaired) electrons. The van der Waals surface area contributed by atoms with E-state index in [4.69, 9.17) is 4.74 Å². The zero-order valence-corrected chi connectivity index (χ0v) is 11.7. The Morgan fingerprint density at radius 1 is 1.44 bits per heavy atom. The third kappa shape index (κ3) is 2.51. The Morgan fingerprint density at radius 2 is 2.17 bits per heavy atom. The van der Waals surface area contributed by atoms with Crippen LogP contribution in [0.3, 0.4) is 0 Å². The Labute approximate surface area is 110 Å². The van der Waals surface area contributed by atoms with E-state index < -0.39 is 11.7 Å². The lowest BCUT2D eigenvalue weighted by atomic mass is 10.2. The minimum Gasteiger partial charge on any atom is -0.443 e. The number of rotatable bonds is 1.